The molecule has 8 nitrogen and oxygen atoms in total. The zero-order chi connectivity index (χ0) is 31.6. The van der Waals surface area contributed by atoms with Crippen molar-refractivity contribution in [2.24, 2.45) is 5.10 Å². The summed E-state index contributed by atoms with van der Waals surface area (Å²) in [5.74, 6) is 1.76. The number of nitrogens with zero attached hydrogens (tertiary/aromatic N) is 2. The number of thiazole rings is 1. The third kappa shape index (κ3) is 8.41. The maximum atomic E-state index is 12.6. The fraction of sp³-hybridized carbons (Fsp3) is 0.171. The molecule has 10 heteroatoms. The van der Waals surface area contributed by atoms with Gasteiger partial charge in [0.25, 0.3) is 5.91 Å². The lowest BCUT2D eigenvalue weighted by molar-refractivity contribution is 0.0955. The zero-order valence-corrected chi connectivity index (χ0v) is 26.7. The molecule has 45 heavy (non-hydrogen) atoms. The van der Waals surface area contributed by atoms with Crippen LogP contribution in [0.15, 0.2) is 95.4 Å². The molecule has 0 aliphatic carbocycles. The van der Waals surface area contributed by atoms with Crippen LogP contribution in [0.4, 0.5) is 0 Å². The number of hydrazone groups is 1. The van der Waals surface area contributed by atoms with Crippen molar-refractivity contribution in [1.29, 1.82) is 0 Å². The van der Waals surface area contributed by atoms with Gasteiger partial charge < -0.3 is 18.9 Å². The van der Waals surface area contributed by atoms with Gasteiger partial charge in [0, 0.05) is 16.5 Å². The molecule has 1 aromatic heterocycles. The lowest BCUT2D eigenvalue weighted by Crippen LogP contribution is -2.17. The number of rotatable bonds is 13. The van der Waals surface area contributed by atoms with E-state index in [4.69, 9.17) is 30.5 Å². The summed E-state index contributed by atoms with van der Waals surface area (Å²) in [7, 11) is 1.53. The highest BCUT2D eigenvalue weighted by atomic mass is 35.5. The molecular weight excluding hydrogens is 610 g/mol. The van der Waals surface area contributed by atoms with Crippen LogP contribution in [0, 0.1) is 6.92 Å². The zero-order valence-electron chi connectivity index (χ0n) is 25.1. The fourth-order valence-corrected chi connectivity index (χ4v) is 5.29. The average Bonchev–Trinajstić information content (AvgIpc) is 3.50. The minimum Gasteiger partial charge on any atom is -0.493 e. The maximum Gasteiger partial charge on any atom is 0.271 e. The van der Waals surface area contributed by atoms with E-state index in [1.807, 2.05) is 79.9 Å². The summed E-state index contributed by atoms with van der Waals surface area (Å²) >= 11 is 8.17. The number of hydrogen-bond acceptors (Lipinski definition) is 8. The van der Waals surface area contributed by atoms with Gasteiger partial charge in [0.1, 0.15) is 13.2 Å². The molecule has 0 aliphatic heterocycles. The van der Waals surface area contributed by atoms with Crippen molar-refractivity contribution >= 4 is 35.1 Å². The SMILES string of the molecule is CCOc1cc(COc2c(Cl)cc(/C=N/NC(=O)c3ccc(-c4csc(C)n4)cc3)cc2OC)ccc1OCc1ccccc1. The summed E-state index contributed by atoms with van der Waals surface area (Å²) in [6.07, 6.45) is 1.49. The van der Waals surface area contributed by atoms with Crippen molar-refractivity contribution in [2.75, 3.05) is 13.7 Å². The second kappa shape index (κ2) is 15.2. The first kappa shape index (κ1) is 31.6. The standard InChI is InChI=1S/C35H32ClN3O5S/c1-4-42-32-17-25(10-15-31(32)43-20-24-8-6-5-7-9-24)21-44-34-29(36)16-26(18-33(34)41-3)19-37-39-35(40)28-13-11-27(12-14-28)30-22-45-23(2)38-30/h5-19,22H,4,20-21H2,1-3H3,(H,39,40)/b37-19+. The van der Waals surface area contributed by atoms with Gasteiger partial charge in [-0.1, -0.05) is 60.1 Å². The van der Waals surface area contributed by atoms with E-state index in [9.17, 15) is 4.79 Å². The Labute approximate surface area is 271 Å². The summed E-state index contributed by atoms with van der Waals surface area (Å²) in [6, 6.07) is 26.3. The van der Waals surface area contributed by atoms with Gasteiger partial charge in [-0.3, -0.25) is 4.79 Å². The second-order valence-electron chi connectivity index (χ2n) is 9.84. The fourth-order valence-electron chi connectivity index (χ4n) is 4.39. The van der Waals surface area contributed by atoms with Crippen molar-refractivity contribution < 1.29 is 23.7 Å². The van der Waals surface area contributed by atoms with Crippen molar-refractivity contribution in [3.05, 3.63) is 123 Å². The largest absolute Gasteiger partial charge is 0.493 e. The third-order valence-corrected chi connectivity index (χ3v) is 7.68. The molecule has 0 atom stereocenters. The summed E-state index contributed by atoms with van der Waals surface area (Å²) in [5, 5.41) is 7.41. The smallest absolute Gasteiger partial charge is 0.271 e. The number of amides is 1. The summed E-state index contributed by atoms with van der Waals surface area (Å²) < 4.78 is 23.5. The number of carbonyl (C=O) groups is 1. The topological polar surface area (TPSA) is 91.3 Å². The van der Waals surface area contributed by atoms with E-state index < -0.39 is 0 Å². The second-order valence-corrected chi connectivity index (χ2v) is 11.3. The highest BCUT2D eigenvalue weighted by Crippen LogP contribution is 2.37. The van der Waals surface area contributed by atoms with Crippen molar-refractivity contribution in [3.63, 3.8) is 0 Å². The molecule has 0 bridgehead atoms. The Morgan fingerprint density at radius 3 is 2.40 bits per heavy atom. The third-order valence-electron chi connectivity index (χ3n) is 6.62. The lowest BCUT2D eigenvalue weighted by atomic mass is 10.1. The predicted molar refractivity (Wildman–Crippen MR) is 178 cm³/mol. The Kier molecular flexibility index (Phi) is 10.7. The van der Waals surface area contributed by atoms with E-state index in [1.54, 1.807) is 35.6 Å². The Morgan fingerprint density at radius 2 is 1.69 bits per heavy atom. The molecule has 0 fully saturated rings. The van der Waals surface area contributed by atoms with Crippen LogP contribution in [-0.2, 0) is 13.2 Å². The van der Waals surface area contributed by atoms with E-state index in [0.717, 1.165) is 27.4 Å². The number of nitrogens with one attached hydrogen (secondary N) is 1. The summed E-state index contributed by atoms with van der Waals surface area (Å²) in [6.45, 7) is 5.03. The Balaban J connectivity index is 1.20. The quantitative estimate of drug-likeness (QED) is 0.103. The minimum absolute atomic E-state index is 0.222. The number of ether oxygens (including phenoxy) is 4. The van der Waals surface area contributed by atoms with Crippen LogP contribution in [0.1, 0.15) is 39.0 Å². The van der Waals surface area contributed by atoms with E-state index in [1.165, 1.54) is 13.3 Å². The number of carbonyl (C=O) groups excluding carboxylic acids is 1. The molecule has 5 aromatic rings. The first-order chi connectivity index (χ1) is 21.9. The van der Waals surface area contributed by atoms with Gasteiger partial charge >= 0.3 is 0 Å². The molecule has 0 unspecified atom stereocenters. The summed E-state index contributed by atoms with van der Waals surface area (Å²) in [5.41, 5.74) is 7.42. The Morgan fingerprint density at radius 1 is 0.911 bits per heavy atom. The monoisotopic (exact) mass is 641 g/mol. The Hall–Kier alpha value is -4.86. The molecular formula is C35H32ClN3O5S. The van der Waals surface area contributed by atoms with E-state index in [-0.39, 0.29) is 12.5 Å². The van der Waals surface area contributed by atoms with Gasteiger partial charge in [-0.05, 0) is 66.9 Å². The molecule has 230 valence electrons. The van der Waals surface area contributed by atoms with Crippen LogP contribution < -0.4 is 24.4 Å². The number of hydrogen-bond donors (Lipinski definition) is 1. The van der Waals surface area contributed by atoms with Gasteiger partial charge in [0.05, 0.1) is 35.7 Å². The van der Waals surface area contributed by atoms with Crippen molar-refractivity contribution in [2.45, 2.75) is 27.1 Å². The lowest BCUT2D eigenvalue weighted by Gasteiger charge is -2.16. The van der Waals surface area contributed by atoms with E-state index >= 15 is 0 Å². The number of benzene rings is 4. The molecule has 4 aromatic carbocycles. The van der Waals surface area contributed by atoms with Crippen LogP contribution >= 0.6 is 22.9 Å². The number of aryl methyl sites for hydroxylation is 1. The van der Waals surface area contributed by atoms with Crippen LogP contribution in [-0.4, -0.2) is 30.8 Å². The molecule has 5 rings (SSSR count). The molecule has 0 radical (unpaired) electrons. The maximum absolute atomic E-state index is 12.6. The van der Waals surface area contributed by atoms with Gasteiger partial charge in [0.2, 0.25) is 0 Å². The van der Waals surface area contributed by atoms with Crippen LogP contribution in [0.2, 0.25) is 5.02 Å². The molecule has 1 amide bonds. The molecule has 0 aliphatic rings. The Bertz CT molecular complexity index is 1770. The van der Waals surface area contributed by atoms with E-state index in [0.29, 0.717) is 52.4 Å². The number of halogens is 1. The normalized spacial score (nSPS) is 10.9. The van der Waals surface area contributed by atoms with Gasteiger partial charge in [0.15, 0.2) is 23.0 Å². The van der Waals surface area contributed by atoms with Gasteiger partial charge in [-0.15, -0.1) is 11.3 Å². The highest BCUT2D eigenvalue weighted by molar-refractivity contribution is 7.09. The van der Waals surface area contributed by atoms with Crippen LogP contribution in [0.25, 0.3) is 11.3 Å². The highest BCUT2D eigenvalue weighted by Gasteiger charge is 2.14. The van der Waals surface area contributed by atoms with Crippen LogP contribution in [0.3, 0.4) is 0 Å². The van der Waals surface area contributed by atoms with E-state index in [2.05, 4.69) is 15.5 Å². The first-order valence-electron chi connectivity index (χ1n) is 14.2. The molecule has 0 saturated carbocycles. The molecule has 0 saturated heterocycles. The van der Waals surface area contributed by atoms with Gasteiger partial charge in [-0.25, -0.2) is 10.4 Å². The van der Waals surface area contributed by atoms with Crippen molar-refractivity contribution in [3.8, 4) is 34.3 Å². The minimum atomic E-state index is -0.340. The molecule has 1 heterocycles. The van der Waals surface area contributed by atoms with Crippen LogP contribution in [0.5, 0.6) is 23.0 Å². The number of aromatic nitrogens is 1. The predicted octanol–water partition coefficient (Wildman–Crippen LogP) is 8.10. The average molecular weight is 642 g/mol. The molecule has 0 spiro atoms. The molecule has 1 N–H and O–H groups in total. The van der Waals surface area contributed by atoms with Crippen molar-refractivity contribution in [1.82, 2.24) is 10.4 Å². The first-order valence-corrected chi connectivity index (χ1v) is 15.5. The number of methoxy groups -OCH3 is 1. The van der Waals surface area contributed by atoms with Gasteiger partial charge in [-0.2, -0.15) is 5.10 Å². The summed E-state index contributed by atoms with van der Waals surface area (Å²) in [4.78, 5) is 17.1.